The molecule has 6 nitrogen and oxygen atoms in total. The number of hydrogen-bond donors (Lipinski definition) is 1. The van der Waals surface area contributed by atoms with E-state index < -0.39 is 5.97 Å². The van der Waals surface area contributed by atoms with Gasteiger partial charge in [-0.3, -0.25) is 4.98 Å². The second-order valence-electron chi connectivity index (χ2n) is 2.56. The van der Waals surface area contributed by atoms with Gasteiger partial charge < -0.3 is 5.11 Å². The van der Waals surface area contributed by atoms with Crippen molar-refractivity contribution < 1.29 is 9.90 Å². The first kappa shape index (κ1) is 8.36. The van der Waals surface area contributed by atoms with Crippen LogP contribution in [0.25, 0.3) is 5.69 Å². The highest BCUT2D eigenvalue weighted by Gasteiger charge is 2.05. The van der Waals surface area contributed by atoms with Gasteiger partial charge in [-0.25, -0.2) is 4.79 Å². The van der Waals surface area contributed by atoms with Crippen molar-refractivity contribution in [3.63, 3.8) is 0 Å². The molecule has 0 spiro atoms. The summed E-state index contributed by atoms with van der Waals surface area (Å²) < 4.78 is 0. The van der Waals surface area contributed by atoms with Gasteiger partial charge in [0.2, 0.25) is 0 Å². The third kappa shape index (κ3) is 1.45. The Morgan fingerprint density at radius 1 is 1.29 bits per heavy atom. The number of carboxylic acids is 1. The lowest BCUT2D eigenvalue weighted by molar-refractivity contribution is 0.0696. The molecule has 0 fully saturated rings. The van der Waals surface area contributed by atoms with Crippen molar-refractivity contribution >= 4 is 5.97 Å². The van der Waals surface area contributed by atoms with Crippen molar-refractivity contribution in [2.45, 2.75) is 0 Å². The molecular weight excluding hydrogens is 184 g/mol. The van der Waals surface area contributed by atoms with Gasteiger partial charge in [-0.05, 0) is 6.07 Å². The molecule has 0 aromatic carbocycles. The average molecular weight is 190 g/mol. The lowest BCUT2D eigenvalue weighted by atomic mass is 10.3. The van der Waals surface area contributed by atoms with Gasteiger partial charge >= 0.3 is 5.97 Å². The topological polar surface area (TPSA) is 80.9 Å². The second kappa shape index (κ2) is 3.25. The molecule has 6 heteroatoms. The SMILES string of the molecule is O=C(O)c1cncc(-n2nccn2)c1. The summed E-state index contributed by atoms with van der Waals surface area (Å²) >= 11 is 0. The van der Waals surface area contributed by atoms with E-state index in [0.717, 1.165) is 0 Å². The van der Waals surface area contributed by atoms with Gasteiger partial charge in [-0.2, -0.15) is 15.0 Å². The molecule has 0 radical (unpaired) electrons. The Morgan fingerprint density at radius 3 is 2.64 bits per heavy atom. The molecular formula is C8H6N4O2. The normalized spacial score (nSPS) is 10.0. The summed E-state index contributed by atoms with van der Waals surface area (Å²) in [6, 6.07) is 1.45. The van der Waals surface area contributed by atoms with E-state index in [9.17, 15) is 4.79 Å². The summed E-state index contributed by atoms with van der Waals surface area (Å²) in [5.74, 6) is -1.02. The molecule has 0 aliphatic heterocycles. The molecule has 2 rings (SSSR count). The summed E-state index contributed by atoms with van der Waals surface area (Å²) in [7, 11) is 0. The summed E-state index contributed by atoms with van der Waals surface area (Å²) in [6.07, 6.45) is 5.78. The zero-order chi connectivity index (χ0) is 9.97. The van der Waals surface area contributed by atoms with Crippen LogP contribution >= 0.6 is 0 Å². The molecule has 14 heavy (non-hydrogen) atoms. The van der Waals surface area contributed by atoms with Crippen molar-refractivity contribution in [2.24, 2.45) is 0 Å². The van der Waals surface area contributed by atoms with Crippen LogP contribution in [0.1, 0.15) is 10.4 Å². The van der Waals surface area contributed by atoms with Crippen LogP contribution in [0.4, 0.5) is 0 Å². The van der Waals surface area contributed by atoms with Crippen LogP contribution in [-0.2, 0) is 0 Å². The highest BCUT2D eigenvalue weighted by Crippen LogP contribution is 2.05. The summed E-state index contributed by atoms with van der Waals surface area (Å²) in [4.78, 5) is 15.7. The number of nitrogens with zero attached hydrogens (tertiary/aromatic N) is 4. The van der Waals surface area contributed by atoms with E-state index >= 15 is 0 Å². The molecule has 0 aliphatic carbocycles. The molecule has 0 aliphatic rings. The Hall–Kier alpha value is -2.24. The van der Waals surface area contributed by atoms with Crippen LogP contribution in [-0.4, -0.2) is 31.1 Å². The lowest BCUT2D eigenvalue weighted by Crippen LogP contribution is -2.03. The van der Waals surface area contributed by atoms with Gasteiger partial charge in [0, 0.05) is 6.20 Å². The fraction of sp³-hybridized carbons (Fsp3) is 0. The standard InChI is InChI=1S/C8H6N4O2/c13-8(14)6-3-7(5-9-4-6)12-10-1-2-11-12/h1-5H,(H,13,14). The zero-order valence-corrected chi connectivity index (χ0v) is 7.03. The van der Waals surface area contributed by atoms with E-state index in [1.54, 1.807) is 0 Å². The highest BCUT2D eigenvalue weighted by atomic mass is 16.4. The van der Waals surface area contributed by atoms with Crippen LogP contribution in [0.15, 0.2) is 30.9 Å². The zero-order valence-electron chi connectivity index (χ0n) is 7.03. The summed E-state index contributed by atoms with van der Waals surface area (Å²) in [5.41, 5.74) is 0.634. The first-order valence-electron chi connectivity index (χ1n) is 3.82. The maximum absolute atomic E-state index is 10.6. The third-order valence-corrected chi connectivity index (χ3v) is 1.62. The Kier molecular flexibility index (Phi) is 1.94. The van der Waals surface area contributed by atoms with Crippen LogP contribution in [0.5, 0.6) is 0 Å². The Bertz CT molecular complexity index is 452. The van der Waals surface area contributed by atoms with Gasteiger partial charge in [-0.15, -0.1) is 0 Å². The number of rotatable bonds is 2. The Labute approximate surface area is 78.8 Å². The maximum Gasteiger partial charge on any atom is 0.337 e. The van der Waals surface area contributed by atoms with E-state index in [4.69, 9.17) is 5.11 Å². The van der Waals surface area contributed by atoms with Crippen molar-refractivity contribution in [3.8, 4) is 5.69 Å². The van der Waals surface area contributed by atoms with Crippen LogP contribution < -0.4 is 0 Å². The molecule has 2 aromatic rings. The number of pyridine rings is 1. The van der Waals surface area contributed by atoms with Gasteiger partial charge in [0.05, 0.1) is 24.2 Å². The first-order valence-corrected chi connectivity index (χ1v) is 3.82. The van der Waals surface area contributed by atoms with Gasteiger partial charge in [0.25, 0.3) is 0 Å². The van der Waals surface area contributed by atoms with Crippen LogP contribution in [0, 0.1) is 0 Å². The van der Waals surface area contributed by atoms with Crippen molar-refractivity contribution in [3.05, 3.63) is 36.4 Å². The number of aromatic nitrogens is 4. The maximum atomic E-state index is 10.6. The average Bonchev–Trinajstić information content (AvgIpc) is 2.71. The monoisotopic (exact) mass is 190 g/mol. The smallest absolute Gasteiger partial charge is 0.337 e. The number of hydrogen-bond acceptors (Lipinski definition) is 4. The highest BCUT2D eigenvalue weighted by molar-refractivity contribution is 5.87. The van der Waals surface area contributed by atoms with Crippen LogP contribution in [0.2, 0.25) is 0 Å². The second-order valence-corrected chi connectivity index (χ2v) is 2.56. The lowest BCUT2D eigenvalue weighted by Gasteiger charge is -1.99. The number of carboxylic acid groups (broad SMARTS) is 1. The van der Waals surface area contributed by atoms with E-state index in [2.05, 4.69) is 15.2 Å². The molecule has 0 atom stereocenters. The minimum absolute atomic E-state index is 0.111. The molecule has 1 N–H and O–H groups in total. The quantitative estimate of drug-likeness (QED) is 0.739. The number of aromatic carboxylic acids is 1. The van der Waals surface area contributed by atoms with Gasteiger partial charge in [0.1, 0.15) is 5.69 Å². The first-order chi connectivity index (χ1) is 6.77. The molecule has 0 amide bonds. The van der Waals surface area contributed by atoms with E-state index in [1.807, 2.05) is 0 Å². The molecule has 0 saturated heterocycles. The molecule has 0 unspecified atom stereocenters. The third-order valence-electron chi connectivity index (χ3n) is 1.62. The Morgan fingerprint density at radius 2 is 2.00 bits per heavy atom. The summed E-state index contributed by atoms with van der Waals surface area (Å²) in [5, 5.41) is 16.4. The minimum atomic E-state index is -1.02. The largest absolute Gasteiger partial charge is 0.478 e. The Balaban J connectivity index is 2.46. The predicted molar refractivity (Wildman–Crippen MR) is 46.1 cm³/mol. The van der Waals surface area contributed by atoms with E-state index in [1.165, 1.54) is 35.7 Å². The fourth-order valence-electron chi connectivity index (χ4n) is 1.00. The minimum Gasteiger partial charge on any atom is -0.478 e. The molecule has 70 valence electrons. The van der Waals surface area contributed by atoms with Crippen LogP contribution in [0.3, 0.4) is 0 Å². The number of carbonyl (C=O) groups is 1. The van der Waals surface area contributed by atoms with Gasteiger partial charge in [0.15, 0.2) is 0 Å². The molecule has 2 aromatic heterocycles. The molecule has 2 heterocycles. The molecule has 0 saturated carbocycles. The van der Waals surface area contributed by atoms with Crippen molar-refractivity contribution in [1.82, 2.24) is 20.0 Å². The van der Waals surface area contributed by atoms with Crippen molar-refractivity contribution in [2.75, 3.05) is 0 Å². The predicted octanol–water partition coefficient (Wildman–Crippen LogP) is 0.360. The molecule has 0 bridgehead atoms. The van der Waals surface area contributed by atoms with Gasteiger partial charge in [-0.1, -0.05) is 0 Å². The summed E-state index contributed by atoms with van der Waals surface area (Å²) in [6.45, 7) is 0. The fourth-order valence-corrected chi connectivity index (χ4v) is 1.00. The van der Waals surface area contributed by atoms with Crippen molar-refractivity contribution in [1.29, 1.82) is 0 Å². The van der Waals surface area contributed by atoms with E-state index in [-0.39, 0.29) is 5.56 Å². The van der Waals surface area contributed by atoms with E-state index in [0.29, 0.717) is 5.69 Å².